The number of carbonyl (C=O) groups is 3. The van der Waals surface area contributed by atoms with Gasteiger partial charge in [-0.3, -0.25) is 24.2 Å². The average Bonchev–Trinajstić information content (AvgIpc) is 3.87. The summed E-state index contributed by atoms with van der Waals surface area (Å²) in [4.78, 5) is 46.4. The smallest absolute Gasteiger partial charge is 0.261 e. The molecule has 0 unspecified atom stereocenters. The fourth-order valence-electron chi connectivity index (χ4n) is 7.65. The second-order valence-corrected chi connectivity index (χ2v) is 12.7. The van der Waals surface area contributed by atoms with Crippen LogP contribution in [0.25, 0.3) is 0 Å². The van der Waals surface area contributed by atoms with Crippen LogP contribution >= 0.6 is 0 Å². The van der Waals surface area contributed by atoms with E-state index in [1.165, 1.54) is 30.6 Å². The van der Waals surface area contributed by atoms with E-state index in [0.29, 0.717) is 55.1 Å². The lowest BCUT2D eigenvalue weighted by atomic mass is 9.78. The van der Waals surface area contributed by atoms with Crippen LogP contribution in [0.2, 0.25) is 0 Å². The Kier molecular flexibility index (Phi) is 9.03. The van der Waals surface area contributed by atoms with Gasteiger partial charge < -0.3 is 14.4 Å². The molecule has 8 heteroatoms. The molecule has 230 valence electrons. The van der Waals surface area contributed by atoms with Crippen LogP contribution in [0.5, 0.6) is 11.5 Å². The number of hydrogen-bond acceptors (Lipinski definition) is 6. The van der Waals surface area contributed by atoms with Crippen molar-refractivity contribution in [3.05, 3.63) is 59.2 Å². The van der Waals surface area contributed by atoms with Crippen LogP contribution < -0.4 is 9.47 Å². The molecule has 2 aliphatic heterocycles. The van der Waals surface area contributed by atoms with Crippen molar-refractivity contribution in [1.29, 1.82) is 0 Å². The molecule has 2 saturated carbocycles. The molecule has 2 heterocycles. The summed E-state index contributed by atoms with van der Waals surface area (Å²) in [6, 6.07) is 13.4. The van der Waals surface area contributed by atoms with E-state index in [0.717, 1.165) is 55.7 Å². The third-order valence-electron chi connectivity index (χ3n) is 10.1. The maximum absolute atomic E-state index is 14.6. The molecular weight excluding hydrogens is 542 g/mol. The Hall–Kier alpha value is -3.39. The minimum Gasteiger partial charge on any atom is -0.497 e. The summed E-state index contributed by atoms with van der Waals surface area (Å²) in [7, 11) is 3.33. The van der Waals surface area contributed by atoms with Gasteiger partial charge in [0.15, 0.2) is 0 Å². The summed E-state index contributed by atoms with van der Waals surface area (Å²) in [5.74, 6) is 1.98. The van der Waals surface area contributed by atoms with Crippen molar-refractivity contribution in [2.24, 2.45) is 5.92 Å². The molecule has 1 saturated heterocycles. The highest BCUT2D eigenvalue weighted by Gasteiger charge is 2.43. The number of methoxy groups -OCH3 is 2. The first kappa shape index (κ1) is 29.7. The second kappa shape index (κ2) is 13.1. The third-order valence-corrected chi connectivity index (χ3v) is 10.1. The molecule has 3 fully saturated rings. The fraction of sp³-hybridized carbons (Fsp3) is 0.571. The van der Waals surface area contributed by atoms with Gasteiger partial charge in [0.05, 0.1) is 31.4 Å². The Labute approximate surface area is 255 Å². The quantitative estimate of drug-likeness (QED) is 0.235. The van der Waals surface area contributed by atoms with E-state index < -0.39 is 0 Å². The predicted octanol–water partition coefficient (Wildman–Crippen LogP) is 5.68. The number of hydrogen-bond donors (Lipinski definition) is 0. The molecule has 6 rings (SSSR count). The van der Waals surface area contributed by atoms with Gasteiger partial charge in [0.2, 0.25) is 5.91 Å². The highest BCUT2D eigenvalue weighted by atomic mass is 16.5. The molecule has 43 heavy (non-hydrogen) atoms. The fourth-order valence-corrected chi connectivity index (χ4v) is 7.65. The molecule has 2 aromatic carbocycles. The molecule has 2 aromatic rings. The van der Waals surface area contributed by atoms with E-state index in [9.17, 15) is 14.4 Å². The summed E-state index contributed by atoms with van der Waals surface area (Å²) in [5.41, 5.74) is 2.02. The largest absolute Gasteiger partial charge is 0.497 e. The second-order valence-electron chi connectivity index (χ2n) is 12.7. The number of likely N-dealkylation sites (tertiary alicyclic amines) is 1. The number of carbonyl (C=O) groups excluding carboxylic acids is 3. The lowest BCUT2D eigenvalue weighted by Gasteiger charge is -2.46. The van der Waals surface area contributed by atoms with E-state index in [4.69, 9.17) is 9.47 Å². The van der Waals surface area contributed by atoms with Gasteiger partial charge in [0, 0.05) is 43.3 Å². The number of amides is 3. The molecular formula is C35H45N3O5. The van der Waals surface area contributed by atoms with Gasteiger partial charge in [-0.2, -0.15) is 0 Å². The number of nitrogens with zero attached hydrogens (tertiary/aromatic N) is 3. The number of unbranched alkanes of at least 4 members (excludes halogenated alkanes) is 1. The molecule has 3 amide bonds. The molecule has 0 N–H and O–H groups in total. The molecule has 0 spiro atoms. The molecule has 0 bridgehead atoms. The number of imide groups is 1. The third kappa shape index (κ3) is 6.17. The number of fused-ring (bicyclic) bond motifs is 2. The Bertz CT molecular complexity index is 1300. The summed E-state index contributed by atoms with van der Waals surface area (Å²) in [6.45, 7) is 1.85. The van der Waals surface area contributed by atoms with Crippen LogP contribution in [0, 0.1) is 5.92 Å². The first-order valence-corrected chi connectivity index (χ1v) is 16.2. The first-order chi connectivity index (χ1) is 21.0. The molecule has 4 aliphatic rings. The maximum Gasteiger partial charge on any atom is 0.261 e. The molecule has 3 atom stereocenters. The lowest BCUT2D eigenvalue weighted by molar-refractivity contribution is -0.144. The van der Waals surface area contributed by atoms with Crippen LogP contribution in [-0.4, -0.2) is 77.9 Å². The monoisotopic (exact) mass is 587 g/mol. The standard InChI is InChI=1S/C35H45N3O5/c1-42-27-19-16-25(32(22-27)43-2)23-38(26-17-18-26)31(35(41)36-21-9-11-24-10-3-6-14-30(24)36)15-7-8-20-37-33(39)28-12-4-5-13-29(28)34(37)40/h4-5,12-13,16,19,22,24,26,30-31H,3,6-11,14-15,17-18,20-21,23H2,1-2H3/t24-,30+,31-/m1/s1. The van der Waals surface area contributed by atoms with Crippen LogP contribution in [0.1, 0.15) is 96.9 Å². The van der Waals surface area contributed by atoms with Gasteiger partial charge in [0.25, 0.3) is 11.8 Å². The van der Waals surface area contributed by atoms with Crippen LogP contribution in [0.4, 0.5) is 0 Å². The van der Waals surface area contributed by atoms with E-state index in [1.807, 2.05) is 12.1 Å². The normalized spacial score (nSPS) is 22.4. The number of ether oxygens (including phenoxy) is 2. The Morgan fingerprint density at radius 2 is 1.63 bits per heavy atom. The number of piperidine rings is 1. The van der Waals surface area contributed by atoms with Gasteiger partial charge in [-0.25, -0.2) is 0 Å². The molecule has 0 radical (unpaired) electrons. The minimum atomic E-state index is -0.248. The Balaban J connectivity index is 1.20. The van der Waals surface area contributed by atoms with Crippen molar-refractivity contribution >= 4 is 17.7 Å². The first-order valence-electron chi connectivity index (χ1n) is 16.2. The topological polar surface area (TPSA) is 79.4 Å². The van der Waals surface area contributed by atoms with Crippen molar-refractivity contribution in [1.82, 2.24) is 14.7 Å². The van der Waals surface area contributed by atoms with Gasteiger partial charge in [0.1, 0.15) is 11.5 Å². The highest BCUT2D eigenvalue weighted by Crippen LogP contribution is 2.39. The maximum atomic E-state index is 14.6. The lowest BCUT2D eigenvalue weighted by Crippen LogP contribution is -2.56. The predicted molar refractivity (Wildman–Crippen MR) is 164 cm³/mol. The highest BCUT2D eigenvalue weighted by molar-refractivity contribution is 6.21. The minimum absolute atomic E-state index is 0.212. The van der Waals surface area contributed by atoms with Gasteiger partial charge >= 0.3 is 0 Å². The zero-order chi connectivity index (χ0) is 29.9. The van der Waals surface area contributed by atoms with Crippen LogP contribution in [0.15, 0.2) is 42.5 Å². The van der Waals surface area contributed by atoms with E-state index in [-0.39, 0.29) is 23.8 Å². The van der Waals surface area contributed by atoms with Crippen molar-refractivity contribution in [3.8, 4) is 11.5 Å². The summed E-state index contributed by atoms with van der Waals surface area (Å²) >= 11 is 0. The van der Waals surface area contributed by atoms with Crippen molar-refractivity contribution in [3.63, 3.8) is 0 Å². The SMILES string of the molecule is COc1ccc(CN(C2CC2)[C@H](CCCCN2C(=O)c3ccccc3C2=O)C(=O)N2CCC[C@H]3CCCC[C@@H]32)c(OC)c1. The zero-order valence-electron chi connectivity index (χ0n) is 25.6. The summed E-state index contributed by atoms with van der Waals surface area (Å²) < 4.78 is 11.2. The number of rotatable bonds is 12. The van der Waals surface area contributed by atoms with E-state index in [2.05, 4.69) is 15.9 Å². The average molecular weight is 588 g/mol. The van der Waals surface area contributed by atoms with E-state index >= 15 is 0 Å². The molecule has 8 nitrogen and oxygen atoms in total. The Morgan fingerprint density at radius 1 is 0.907 bits per heavy atom. The van der Waals surface area contributed by atoms with Gasteiger partial charge in [-0.15, -0.1) is 0 Å². The van der Waals surface area contributed by atoms with Crippen molar-refractivity contribution < 1.29 is 23.9 Å². The molecule has 2 aliphatic carbocycles. The van der Waals surface area contributed by atoms with Crippen molar-refractivity contribution in [2.75, 3.05) is 27.3 Å². The summed E-state index contributed by atoms with van der Waals surface area (Å²) in [6.07, 6.45) is 11.4. The zero-order valence-corrected chi connectivity index (χ0v) is 25.6. The van der Waals surface area contributed by atoms with Crippen LogP contribution in [-0.2, 0) is 11.3 Å². The summed E-state index contributed by atoms with van der Waals surface area (Å²) in [5, 5.41) is 0. The van der Waals surface area contributed by atoms with Crippen molar-refractivity contribution in [2.45, 2.75) is 95.3 Å². The van der Waals surface area contributed by atoms with Gasteiger partial charge in [-0.1, -0.05) is 31.0 Å². The Morgan fingerprint density at radius 3 is 2.33 bits per heavy atom. The van der Waals surface area contributed by atoms with E-state index in [1.54, 1.807) is 38.5 Å². The molecule has 0 aromatic heterocycles. The number of benzene rings is 2. The van der Waals surface area contributed by atoms with Gasteiger partial charge in [-0.05, 0) is 81.9 Å². The van der Waals surface area contributed by atoms with Crippen LogP contribution in [0.3, 0.4) is 0 Å².